The molecule has 0 amide bonds. The van der Waals surface area contributed by atoms with E-state index < -0.39 is 11.9 Å². The summed E-state index contributed by atoms with van der Waals surface area (Å²) in [5, 5.41) is 19.0. The highest BCUT2D eigenvalue weighted by atomic mass is 16.4. The van der Waals surface area contributed by atoms with E-state index in [0.717, 1.165) is 45.1 Å². The van der Waals surface area contributed by atoms with Crippen LogP contribution in [0, 0.1) is 0 Å². The summed E-state index contributed by atoms with van der Waals surface area (Å²) < 4.78 is 0. The second kappa shape index (κ2) is 8.55. The predicted molar refractivity (Wildman–Crippen MR) is 110 cm³/mol. The molecule has 0 spiro atoms. The van der Waals surface area contributed by atoms with Crippen LogP contribution < -0.4 is 0 Å². The number of H-pyrrole nitrogens is 2. The number of hydrogen-bond donors (Lipinski definition) is 4. The van der Waals surface area contributed by atoms with Crippen LogP contribution in [0.5, 0.6) is 0 Å². The van der Waals surface area contributed by atoms with Gasteiger partial charge in [-0.25, -0.2) is 9.59 Å². The normalized spacial score (nSPS) is 11.1. The van der Waals surface area contributed by atoms with Gasteiger partial charge >= 0.3 is 11.9 Å². The zero-order chi connectivity index (χ0) is 19.9. The molecule has 4 rings (SSSR count). The molecule has 0 saturated carbocycles. The van der Waals surface area contributed by atoms with Crippen molar-refractivity contribution in [3.63, 3.8) is 0 Å². The predicted octanol–water partition coefficient (Wildman–Crippen LogP) is 4.53. The molecule has 0 aliphatic carbocycles. The van der Waals surface area contributed by atoms with Gasteiger partial charge in [-0.05, 0) is 35.4 Å². The van der Waals surface area contributed by atoms with Crippen molar-refractivity contribution >= 4 is 45.9 Å². The highest BCUT2D eigenvalue weighted by Gasteiger charge is 2.00. The van der Waals surface area contributed by atoms with E-state index in [1.54, 1.807) is 24.5 Å². The van der Waals surface area contributed by atoms with Gasteiger partial charge in [-0.2, -0.15) is 0 Å². The van der Waals surface area contributed by atoms with Gasteiger partial charge in [0, 0.05) is 46.4 Å². The Bertz CT molecular complexity index is 1090. The second-order valence-electron chi connectivity index (χ2n) is 5.92. The topological polar surface area (TPSA) is 106 Å². The van der Waals surface area contributed by atoms with E-state index in [2.05, 4.69) is 9.97 Å². The summed E-state index contributed by atoms with van der Waals surface area (Å²) in [7, 11) is 0. The molecule has 4 N–H and O–H groups in total. The van der Waals surface area contributed by atoms with Crippen molar-refractivity contribution < 1.29 is 19.8 Å². The molecule has 0 saturated heterocycles. The number of fused-ring (bicyclic) bond motifs is 2. The maximum atomic E-state index is 10.3. The smallest absolute Gasteiger partial charge is 0.328 e. The van der Waals surface area contributed by atoms with Crippen molar-refractivity contribution in [2.75, 3.05) is 0 Å². The van der Waals surface area contributed by atoms with Crippen molar-refractivity contribution in [1.82, 2.24) is 9.97 Å². The Hall–Kier alpha value is -4.06. The number of carbonyl (C=O) groups is 2. The lowest BCUT2D eigenvalue weighted by molar-refractivity contribution is -0.132. The van der Waals surface area contributed by atoms with Gasteiger partial charge in [-0.15, -0.1) is 0 Å². The van der Waals surface area contributed by atoms with Gasteiger partial charge in [-0.1, -0.05) is 36.4 Å². The minimum atomic E-state index is -0.935. The summed E-state index contributed by atoms with van der Waals surface area (Å²) in [5.41, 5.74) is 3.81. The standard InChI is InChI=1S/2C11H9NO2/c2*13-11(14)6-5-8-7-12-10-4-2-1-3-9(8)10/h2*1-7,12H,(H,13,14). The lowest BCUT2D eigenvalue weighted by atomic mass is 10.1. The van der Waals surface area contributed by atoms with Crippen molar-refractivity contribution in [3.8, 4) is 0 Å². The fourth-order valence-corrected chi connectivity index (χ4v) is 2.79. The van der Waals surface area contributed by atoms with E-state index in [0.29, 0.717) is 0 Å². The average Bonchev–Trinajstić information content (AvgIpc) is 3.29. The number of aliphatic carboxylic acids is 2. The largest absolute Gasteiger partial charge is 0.478 e. The van der Waals surface area contributed by atoms with Crippen LogP contribution in [0.4, 0.5) is 0 Å². The molecular weight excluding hydrogens is 356 g/mol. The van der Waals surface area contributed by atoms with E-state index in [1.807, 2.05) is 48.5 Å². The fourth-order valence-electron chi connectivity index (χ4n) is 2.79. The van der Waals surface area contributed by atoms with E-state index in [-0.39, 0.29) is 0 Å². The van der Waals surface area contributed by atoms with Gasteiger partial charge < -0.3 is 20.2 Å². The summed E-state index contributed by atoms with van der Waals surface area (Å²) in [4.78, 5) is 26.8. The minimum Gasteiger partial charge on any atom is -0.478 e. The third kappa shape index (κ3) is 4.56. The third-order valence-corrected chi connectivity index (χ3v) is 4.05. The summed E-state index contributed by atoms with van der Waals surface area (Å²) in [6.45, 7) is 0. The van der Waals surface area contributed by atoms with Crippen molar-refractivity contribution in [2.24, 2.45) is 0 Å². The molecule has 0 aliphatic heterocycles. The molecule has 6 nitrogen and oxygen atoms in total. The summed E-state index contributed by atoms with van der Waals surface area (Å²) in [5.74, 6) is -1.87. The van der Waals surface area contributed by atoms with Crippen LogP contribution in [-0.4, -0.2) is 32.1 Å². The number of carboxylic acid groups (broad SMARTS) is 2. The summed E-state index contributed by atoms with van der Waals surface area (Å²) >= 11 is 0. The van der Waals surface area contributed by atoms with Crippen LogP contribution in [0.25, 0.3) is 34.0 Å². The number of aromatic nitrogens is 2. The molecule has 0 radical (unpaired) electrons. The molecule has 2 heterocycles. The number of carboxylic acids is 2. The second-order valence-corrected chi connectivity index (χ2v) is 5.92. The van der Waals surface area contributed by atoms with Gasteiger partial charge in [-0.3, -0.25) is 0 Å². The number of hydrogen-bond acceptors (Lipinski definition) is 2. The molecule has 0 aliphatic rings. The molecule has 4 aromatic rings. The fraction of sp³-hybridized carbons (Fsp3) is 0. The Labute approximate surface area is 160 Å². The Morgan fingerprint density at radius 2 is 1.07 bits per heavy atom. The molecule has 0 atom stereocenters. The van der Waals surface area contributed by atoms with Crippen LogP contribution in [0.1, 0.15) is 11.1 Å². The van der Waals surface area contributed by atoms with E-state index in [1.165, 1.54) is 0 Å². The first-order valence-corrected chi connectivity index (χ1v) is 8.49. The Kier molecular flexibility index (Phi) is 5.72. The summed E-state index contributed by atoms with van der Waals surface area (Å²) in [6, 6.07) is 15.5. The first-order chi connectivity index (χ1) is 13.5. The Morgan fingerprint density at radius 3 is 1.46 bits per heavy atom. The van der Waals surface area contributed by atoms with Crippen LogP contribution in [0.3, 0.4) is 0 Å². The molecule has 6 heteroatoms. The number of aromatic amines is 2. The van der Waals surface area contributed by atoms with Crippen LogP contribution in [0.15, 0.2) is 73.1 Å². The highest BCUT2D eigenvalue weighted by Crippen LogP contribution is 2.19. The van der Waals surface area contributed by atoms with E-state index in [9.17, 15) is 9.59 Å². The highest BCUT2D eigenvalue weighted by molar-refractivity contribution is 5.94. The number of para-hydroxylation sites is 2. The average molecular weight is 374 g/mol. The SMILES string of the molecule is O=C(O)C=Cc1c[nH]c2ccccc12.O=C(O)C=Cc1c[nH]c2ccccc12. The van der Waals surface area contributed by atoms with Crippen LogP contribution >= 0.6 is 0 Å². The Morgan fingerprint density at radius 1 is 0.679 bits per heavy atom. The first-order valence-electron chi connectivity index (χ1n) is 8.49. The zero-order valence-electron chi connectivity index (χ0n) is 14.8. The quantitative estimate of drug-likeness (QED) is 0.394. The van der Waals surface area contributed by atoms with Crippen LogP contribution in [-0.2, 0) is 9.59 Å². The molecule has 2 aromatic heterocycles. The minimum absolute atomic E-state index is 0.892. The molecule has 0 unspecified atom stereocenters. The molecule has 140 valence electrons. The molecule has 28 heavy (non-hydrogen) atoms. The van der Waals surface area contributed by atoms with E-state index in [4.69, 9.17) is 10.2 Å². The lowest BCUT2D eigenvalue weighted by Gasteiger charge is -1.89. The molecule has 0 fully saturated rings. The van der Waals surface area contributed by atoms with Crippen LogP contribution in [0.2, 0.25) is 0 Å². The van der Waals surface area contributed by atoms with Gasteiger partial charge in [0.2, 0.25) is 0 Å². The number of rotatable bonds is 4. The number of benzene rings is 2. The molecular formula is C22H18N2O4. The van der Waals surface area contributed by atoms with E-state index >= 15 is 0 Å². The maximum Gasteiger partial charge on any atom is 0.328 e. The Balaban J connectivity index is 0.000000161. The third-order valence-electron chi connectivity index (χ3n) is 4.05. The van der Waals surface area contributed by atoms with Crippen molar-refractivity contribution in [3.05, 3.63) is 84.2 Å². The lowest BCUT2D eigenvalue weighted by Crippen LogP contribution is -1.84. The van der Waals surface area contributed by atoms with Gasteiger partial charge in [0.15, 0.2) is 0 Å². The van der Waals surface area contributed by atoms with Crippen molar-refractivity contribution in [1.29, 1.82) is 0 Å². The first kappa shape index (κ1) is 18.7. The zero-order valence-corrected chi connectivity index (χ0v) is 14.8. The monoisotopic (exact) mass is 374 g/mol. The molecule has 2 aromatic carbocycles. The van der Waals surface area contributed by atoms with Gasteiger partial charge in [0.05, 0.1) is 0 Å². The maximum absolute atomic E-state index is 10.3. The molecule has 0 bridgehead atoms. The van der Waals surface area contributed by atoms with Crippen molar-refractivity contribution in [2.45, 2.75) is 0 Å². The summed E-state index contributed by atoms with van der Waals surface area (Å²) in [6.07, 6.45) is 9.03. The van der Waals surface area contributed by atoms with Gasteiger partial charge in [0.25, 0.3) is 0 Å². The number of nitrogens with one attached hydrogen (secondary N) is 2. The van der Waals surface area contributed by atoms with Gasteiger partial charge in [0.1, 0.15) is 0 Å².